The molecule has 1 aliphatic heterocycles. The molecule has 1 aliphatic rings. The molecule has 2 unspecified atom stereocenters. The molecule has 1 heterocycles. The first-order chi connectivity index (χ1) is 9.65. The lowest BCUT2D eigenvalue weighted by Crippen LogP contribution is -2.48. The van der Waals surface area contributed by atoms with Crippen LogP contribution in [0.3, 0.4) is 0 Å². The van der Waals surface area contributed by atoms with Gasteiger partial charge in [0.05, 0.1) is 6.61 Å². The number of likely N-dealkylation sites (tertiary alicyclic amines) is 1. The molecule has 0 saturated carbocycles. The maximum Gasteiger partial charge on any atom is 0.161 e. The summed E-state index contributed by atoms with van der Waals surface area (Å²) in [7, 11) is 0. The fourth-order valence-corrected chi connectivity index (χ4v) is 3.02. The molecule has 2 rings (SSSR count). The Morgan fingerprint density at radius 1 is 1.40 bits per heavy atom. The fraction of sp³-hybridized carbons (Fsp3) is 0.625. The normalized spacial score (nSPS) is 23.8. The maximum absolute atomic E-state index is 9.76. The van der Waals surface area contributed by atoms with Crippen LogP contribution in [0.1, 0.15) is 38.7 Å². The summed E-state index contributed by atoms with van der Waals surface area (Å²) in [6.45, 7) is 6.32. The van der Waals surface area contributed by atoms with Crippen LogP contribution in [0.2, 0.25) is 0 Å². The third-order valence-corrected chi connectivity index (χ3v) is 4.16. The first-order valence-corrected chi connectivity index (χ1v) is 7.56. The van der Waals surface area contributed by atoms with Gasteiger partial charge in [-0.25, -0.2) is 0 Å². The molecule has 0 spiro atoms. The topological polar surface area (TPSA) is 58.7 Å². The number of rotatable bonds is 5. The van der Waals surface area contributed by atoms with E-state index in [1.165, 1.54) is 24.8 Å². The minimum atomic E-state index is 0.206. The zero-order valence-corrected chi connectivity index (χ0v) is 12.5. The van der Waals surface area contributed by atoms with Gasteiger partial charge in [0.2, 0.25) is 0 Å². The number of hydrogen-bond donors (Lipinski definition) is 2. The summed E-state index contributed by atoms with van der Waals surface area (Å²) in [6.07, 6.45) is 3.67. The van der Waals surface area contributed by atoms with E-state index in [-0.39, 0.29) is 5.75 Å². The van der Waals surface area contributed by atoms with Gasteiger partial charge in [-0.15, -0.1) is 0 Å². The number of hydrogen-bond acceptors (Lipinski definition) is 4. The van der Waals surface area contributed by atoms with Gasteiger partial charge in [0.15, 0.2) is 11.5 Å². The second kappa shape index (κ2) is 6.95. The third kappa shape index (κ3) is 3.44. The van der Waals surface area contributed by atoms with Gasteiger partial charge in [0.25, 0.3) is 0 Å². The third-order valence-electron chi connectivity index (χ3n) is 4.16. The van der Waals surface area contributed by atoms with Crippen LogP contribution in [-0.2, 0) is 6.54 Å². The Morgan fingerprint density at radius 2 is 2.20 bits per heavy atom. The molecule has 0 aromatic heterocycles. The van der Waals surface area contributed by atoms with E-state index in [0.29, 0.717) is 31.0 Å². The molecule has 20 heavy (non-hydrogen) atoms. The van der Waals surface area contributed by atoms with Crippen LogP contribution in [0.25, 0.3) is 0 Å². The summed E-state index contributed by atoms with van der Waals surface area (Å²) < 4.78 is 5.45. The summed E-state index contributed by atoms with van der Waals surface area (Å²) >= 11 is 0. The molecule has 3 N–H and O–H groups in total. The van der Waals surface area contributed by atoms with Crippen molar-refractivity contribution in [3.05, 3.63) is 23.8 Å². The quantitative estimate of drug-likeness (QED) is 0.869. The average Bonchev–Trinajstić information content (AvgIpc) is 2.45. The minimum Gasteiger partial charge on any atom is -0.504 e. The van der Waals surface area contributed by atoms with Gasteiger partial charge < -0.3 is 15.6 Å². The smallest absolute Gasteiger partial charge is 0.161 e. The zero-order valence-electron chi connectivity index (χ0n) is 12.5. The second-order valence-corrected chi connectivity index (χ2v) is 5.58. The van der Waals surface area contributed by atoms with Gasteiger partial charge in [0.1, 0.15) is 0 Å². The summed E-state index contributed by atoms with van der Waals surface area (Å²) in [5, 5.41) is 9.76. The molecule has 112 valence electrons. The van der Waals surface area contributed by atoms with Gasteiger partial charge in [-0.05, 0) is 44.4 Å². The van der Waals surface area contributed by atoms with E-state index in [2.05, 4.69) is 11.8 Å². The van der Waals surface area contributed by atoms with Gasteiger partial charge in [-0.1, -0.05) is 12.5 Å². The van der Waals surface area contributed by atoms with Crippen molar-refractivity contribution < 1.29 is 9.84 Å². The maximum atomic E-state index is 9.76. The average molecular weight is 278 g/mol. The van der Waals surface area contributed by atoms with Crippen molar-refractivity contribution in [3.8, 4) is 11.5 Å². The van der Waals surface area contributed by atoms with Crippen molar-refractivity contribution in [1.29, 1.82) is 0 Å². The van der Waals surface area contributed by atoms with Crippen LogP contribution >= 0.6 is 0 Å². The van der Waals surface area contributed by atoms with E-state index in [1.807, 2.05) is 19.1 Å². The summed E-state index contributed by atoms with van der Waals surface area (Å²) in [4.78, 5) is 2.48. The van der Waals surface area contributed by atoms with Crippen molar-refractivity contribution in [2.24, 2.45) is 5.73 Å². The minimum absolute atomic E-state index is 0.206. The van der Waals surface area contributed by atoms with E-state index < -0.39 is 0 Å². The van der Waals surface area contributed by atoms with Crippen molar-refractivity contribution in [2.75, 3.05) is 13.2 Å². The van der Waals surface area contributed by atoms with Crippen molar-refractivity contribution in [1.82, 2.24) is 4.90 Å². The Balaban J connectivity index is 2.13. The lowest BCUT2D eigenvalue weighted by atomic mass is 9.95. The molecule has 2 atom stereocenters. The van der Waals surface area contributed by atoms with Crippen molar-refractivity contribution in [3.63, 3.8) is 0 Å². The molecular formula is C16H26N2O2. The van der Waals surface area contributed by atoms with E-state index in [0.717, 1.165) is 6.54 Å². The van der Waals surface area contributed by atoms with E-state index in [1.54, 1.807) is 6.07 Å². The molecular weight excluding hydrogens is 252 g/mol. The zero-order chi connectivity index (χ0) is 14.5. The number of piperidine rings is 1. The van der Waals surface area contributed by atoms with Crippen LogP contribution in [-0.4, -0.2) is 35.2 Å². The van der Waals surface area contributed by atoms with Crippen molar-refractivity contribution >= 4 is 0 Å². The standard InChI is InChI=1S/C16H26N2O2/c1-3-20-16-9-13(7-8-15(16)19)11-18-12(2)5-4-6-14(18)10-17/h7-9,12,14,19H,3-6,10-11,17H2,1-2H3. The summed E-state index contributed by atoms with van der Waals surface area (Å²) in [5.41, 5.74) is 7.07. The lowest BCUT2D eigenvalue weighted by molar-refractivity contribution is 0.0891. The number of phenolic OH excluding ortho intramolecular Hbond substituents is 1. The number of phenols is 1. The highest BCUT2D eigenvalue weighted by Gasteiger charge is 2.26. The van der Waals surface area contributed by atoms with E-state index >= 15 is 0 Å². The number of aromatic hydroxyl groups is 1. The molecule has 0 amide bonds. The first kappa shape index (κ1) is 15.1. The van der Waals surface area contributed by atoms with Gasteiger partial charge in [0, 0.05) is 25.2 Å². The lowest BCUT2D eigenvalue weighted by Gasteiger charge is -2.40. The molecule has 0 radical (unpaired) electrons. The number of ether oxygens (including phenoxy) is 1. The molecule has 1 aromatic rings. The number of nitrogens with zero attached hydrogens (tertiary/aromatic N) is 1. The monoisotopic (exact) mass is 278 g/mol. The SMILES string of the molecule is CCOc1cc(CN2C(C)CCCC2CN)ccc1O. The molecule has 1 aromatic carbocycles. The fourth-order valence-electron chi connectivity index (χ4n) is 3.02. The molecule has 0 aliphatic carbocycles. The Hall–Kier alpha value is -1.26. The molecule has 0 bridgehead atoms. The van der Waals surface area contributed by atoms with Gasteiger partial charge in [-0.2, -0.15) is 0 Å². The number of benzene rings is 1. The van der Waals surface area contributed by atoms with Gasteiger partial charge in [-0.3, -0.25) is 4.90 Å². The predicted octanol–water partition coefficient (Wildman–Crippen LogP) is 2.49. The summed E-state index contributed by atoms with van der Waals surface area (Å²) in [5.74, 6) is 0.775. The Morgan fingerprint density at radius 3 is 2.90 bits per heavy atom. The second-order valence-electron chi connectivity index (χ2n) is 5.58. The molecule has 4 heteroatoms. The Labute approximate surface area is 121 Å². The van der Waals surface area contributed by atoms with Crippen LogP contribution in [0.15, 0.2) is 18.2 Å². The highest BCUT2D eigenvalue weighted by Crippen LogP contribution is 2.29. The molecule has 4 nitrogen and oxygen atoms in total. The Kier molecular flexibility index (Phi) is 5.26. The van der Waals surface area contributed by atoms with E-state index in [9.17, 15) is 5.11 Å². The summed E-state index contributed by atoms with van der Waals surface area (Å²) in [6, 6.07) is 6.64. The van der Waals surface area contributed by atoms with E-state index in [4.69, 9.17) is 10.5 Å². The Bertz CT molecular complexity index is 436. The van der Waals surface area contributed by atoms with Crippen LogP contribution in [0.4, 0.5) is 0 Å². The van der Waals surface area contributed by atoms with Crippen molar-refractivity contribution in [2.45, 2.75) is 51.7 Å². The molecule has 1 fully saturated rings. The first-order valence-electron chi connectivity index (χ1n) is 7.56. The van der Waals surface area contributed by atoms with Crippen LogP contribution in [0, 0.1) is 0 Å². The highest BCUT2D eigenvalue weighted by molar-refractivity contribution is 5.41. The van der Waals surface area contributed by atoms with Gasteiger partial charge >= 0.3 is 0 Å². The highest BCUT2D eigenvalue weighted by atomic mass is 16.5. The molecule has 1 saturated heterocycles. The number of nitrogens with two attached hydrogens (primary N) is 1. The van der Waals surface area contributed by atoms with Crippen LogP contribution < -0.4 is 10.5 Å². The van der Waals surface area contributed by atoms with Crippen LogP contribution in [0.5, 0.6) is 11.5 Å². The predicted molar refractivity (Wildman–Crippen MR) is 81.0 cm³/mol. The largest absolute Gasteiger partial charge is 0.504 e.